The van der Waals surface area contributed by atoms with Crippen LogP contribution in [0.3, 0.4) is 0 Å². The Morgan fingerprint density at radius 2 is 2.24 bits per heavy atom. The average Bonchev–Trinajstić information content (AvgIpc) is 3.00. The van der Waals surface area contributed by atoms with Gasteiger partial charge in [-0.3, -0.25) is 4.99 Å². The Kier molecular flexibility index (Phi) is 9.91. The van der Waals surface area contributed by atoms with E-state index in [1.54, 1.807) is 0 Å². The summed E-state index contributed by atoms with van der Waals surface area (Å²) in [6.45, 7) is 8.54. The first-order valence-electron chi connectivity index (χ1n) is 7.87. The average molecular weight is 311 g/mol. The molecule has 0 radical (unpaired) electrons. The highest BCUT2D eigenvalue weighted by atomic mass is 32.1. The van der Waals surface area contributed by atoms with Crippen molar-refractivity contribution in [1.29, 1.82) is 0 Å². The van der Waals surface area contributed by atoms with E-state index in [0.29, 0.717) is 0 Å². The summed E-state index contributed by atoms with van der Waals surface area (Å²) in [5, 5.41) is 5.49. The van der Waals surface area contributed by atoms with Crippen LogP contribution in [0, 0.1) is 0 Å². The minimum Gasteiger partial charge on any atom is -0.382 e. The Balaban J connectivity index is 2.31. The van der Waals surface area contributed by atoms with Gasteiger partial charge < -0.3 is 15.0 Å². The van der Waals surface area contributed by atoms with Crippen molar-refractivity contribution in [2.24, 2.45) is 4.99 Å². The zero-order valence-electron chi connectivity index (χ0n) is 13.6. The molecular formula is C16H29N3OS. The van der Waals surface area contributed by atoms with Gasteiger partial charge in [0.2, 0.25) is 0 Å². The highest BCUT2D eigenvalue weighted by Crippen LogP contribution is 2.09. The molecule has 21 heavy (non-hydrogen) atoms. The van der Waals surface area contributed by atoms with Crippen LogP contribution in [-0.2, 0) is 11.2 Å². The van der Waals surface area contributed by atoms with Gasteiger partial charge in [-0.05, 0) is 44.6 Å². The fourth-order valence-electron chi connectivity index (χ4n) is 1.95. The number of hydrogen-bond donors (Lipinski definition) is 1. The van der Waals surface area contributed by atoms with Crippen LogP contribution in [0.2, 0.25) is 0 Å². The number of aliphatic imine (C=N–C) groups is 1. The number of nitrogens with one attached hydrogen (secondary N) is 1. The van der Waals surface area contributed by atoms with Crippen LogP contribution in [0.1, 0.15) is 31.6 Å². The summed E-state index contributed by atoms with van der Waals surface area (Å²) in [7, 11) is 2.11. The number of ether oxygens (including phenoxy) is 1. The molecule has 1 heterocycles. The van der Waals surface area contributed by atoms with Crippen molar-refractivity contribution in [2.45, 2.75) is 33.1 Å². The van der Waals surface area contributed by atoms with Crippen molar-refractivity contribution in [3.05, 3.63) is 22.4 Å². The maximum absolute atomic E-state index is 5.34. The molecule has 0 fully saturated rings. The number of guanidine groups is 1. The first-order chi connectivity index (χ1) is 10.3. The first-order valence-corrected chi connectivity index (χ1v) is 8.75. The third-order valence-electron chi connectivity index (χ3n) is 3.13. The standard InChI is InChI=1S/C16H29N3OS/c1-4-17-16(18-11-6-7-13-20-5-2)19(3)12-10-15-9-8-14-21-15/h8-9,14H,4-7,10-13H2,1-3H3,(H,17,18). The lowest BCUT2D eigenvalue weighted by molar-refractivity contribution is 0.144. The maximum Gasteiger partial charge on any atom is 0.193 e. The van der Waals surface area contributed by atoms with Gasteiger partial charge in [-0.1, -0.05) is 6.07 Å². The van der Waals surface area contributed by atoms with Crippen molar-refractivity contribution in [2.75, 3.05) is 39.9 Å². The topological polar surface area (TPSA) is 36.9 Å². The number of likely N-dealkylation sites (N-methyl/N-ethyl adjacent to an activating group) is 1. The van der Waals surface area contributed by atoms with Crippen molar-refractivity contribution in [1.82, 2.24) is 10.2 Å². The smallest absolute Gasteiger partial charge is 0.193 e. The SMILES string of the molecule is CCNC(=NCCCCOCC)N(C)CCc1cccs1. The van der Waals surface area contributed by atoms with Gasteiger partial charge in [0.25, 0.3) is 0 Å². The van der Waals surface area contributed by atoms with E-state index in [9.17, 15) is 0 Å². The lowest BCUT2D eigenvalue weighted by Crippen LogP contribution is -2.40. The van der Waals surface area contributed by atoms with Crippen molar-refractivity contribution < 1.29 is 4.74 Å². The molecule has 0 atom stereocenters. The van der Waals surface area contributed by atoms with E-state index in [4.69, 9.17) is 9.73 Å². The molecule has 1 aromatic heterocycles. The van der Waals surface area contributed by atoms with Gasteiger partial charge in [0.05, 0.1) is 0 Å². The van der Waals surface area contributed by atoms with Crippen molar-refractivity contribution >= 4 is 17.3 Å². The van der Waals surface area contributed by atoms with Crippen LogP contribution < -0.4 is 5.32 Å². The van der Waals surface area contributed by atoms with E-state index in [-0.39, 0.29) is 0 Å². The van der Waals surface area contributed by atoms with Gasteiger partial charge in [-0.2, -0.15) is 0 Å². The summed E-state index contributed by atoms with van der Waals surface area (Å²) in [5.41, 5.74) is 0. The Bertz CT molecular complexity index is 379. The molecule has 1 aromatic rings. The van der Waals surface area contributed by atoms with Gasteiger partial charge in [0, 0.05) is 44.8 Å². The van der Waals surface area contributed by atoms with E-state index < -0.39 is 0 Å². The second kappa shape index (κ2) is 11.6. The molecule has 5 heteroatoms. The number of unbranched alkanes of at least 4 members (excludes halogenated alkanes) is 1. The van der Waals surface area contributed by atoms with E-state index >= 15 is 0 Å². The molecule has 0 unspecified atom stereocenters. The molecule has 4 nitrogen and oxygen atoms in total. The van der Waals surface area contributed by atoms with Crippen LogP contribution in [0.4, 0.5) is 0 Å². The van der Waals surface area contributed by atoms with Crippen LogP contribution in [0.15, 0.2) is 22.5 Å². The molecule has 120 valence electrons. The first kappa shape index (κ1) is 18.0. The molecular weight excluding hydrogens is 282 g/mol. The molecule has 0 amide bonds. The molecule has 0 bridgehead atoms. The third kappa shape index (κ3) is 8.07. The zero-order valence-corrected chi connectivity index (χ0v) is 14.4. The largest absolute Gasteiger partial charge is 0.382 e. The summed E-state index contributed by atoms with van der Waals surface area (Å²) in [4.78, 5) is 8.33. The van der Waals surface area contributed by atoms with Crippen LogP contribution in [0.25, 0.3) is 0 Å². The summed E-state index contributed by atoms with van der Waals surface area (Å²) < 4.78 is 5.34. The highest BCUT2D eigenvalue weighted by Gasteiger charge is 2.05. The summed E-state index contributed by atoms with van der Waals surface area (Å²) in [5.74, 6) is 1.01. The summed E-state index contributed by atoms with van der Waals surface area (Å²) in [6.07, 6.45) is 3.23. The lowest BCUT2D eigenvalue weighted by Gasteiger charge is -2.21. The van der Waals surface area contributed by atoms with Gasteiger partial charge in [0.1, 0.15) is 0 Å². The summed E-state index contributed by atoms with van der Waals surface area (Å²) >= 11 is 1.82. The number of rotatable bonds is 10. The molecule has 0 saturated carbocycles. The predicted molar refractivity (Wildman–Crippen MR) is 92.4 cm³/mol. The van der Waals surface area contributed by atoms with Gasteiger partial charge >= 0.3 is 0 Å². The predicted octanol–water partition coefficient (Wildman–Crippen LogP) is 3.00. The van der Waals surface area contributed by atoms with E-state index in [1.807, 2.05) is 18.3 Å². The number of thiophene rings is 1. The molecule has 0 aliphatic heterocycles. The van der Waals surface area contributed by atoms with Crippen LogP contribution in [-0.4, -0.2) is 50.8 Å². The molecule has 1 N–H and O–H groups in total. The van der Waals surface area contributed by atoms with Crippen LogP contribution >= 0.6 is 11.3 Å². The Morgan fingerprint density at radius 3 is 2.90 bits per heavy atom. The number of nitrogens with zero attached hydrogens (tertiary/aromatic N) is 2. The Hall–Kier alpha value is -1.07. The lowest BCUT2D eigenvalue weighted by atomic mass is 10.3. The number of hydrogen-bond acceptors (Lipinski definition) is 3. The quantitative estimate of drug-likeness (QED) is 0.410. The van der Waals surface area contributed by atoms with E-state index in [1.165, 1.54) is 4.88 Å². The van der Waals surface area contributed by atoms with E-state index in [0.717, 1.165) is 58.1 Å². The molecule has 1 rings (SSSR count). The normalized spacial score (nSPS) is 11.7. The van der Waals surface area contributed by atoms with Gasteiger partial charge in [-0.25, -0.2) is 0 Å². The molecule has 0 saturated heterocycles. The molecule has 0 aromatic carbocycles. The van der Waals surface area contributed by atoms with Gasteiger partial charge in [0.15, 0.2) is 5.96 Å². The molecule has 0 spiro atoms. The van der Waals surface area contributed by atoms with Crippen molar-refractivity contribution in [3.63, 3.8) is 0 Å². The van der Waals surface area contributed by atoms with Crippen LogP contribution in [0.5, 0.6) is 0 Å². The fraction of sp³-hybridized carbons (Fsp3) is 0.688. The van der Waals surface area contributed by atoms with Gasteiger partial charge in [-0.15, -0.1) is 11.3 Å². The van der Waals surface area contributed by atoms with E-state index in [2.05, 4.69) is 41.7 Å². The minimum atomic E-state index is 0.803. The molecule has 0 aliphatic rings. The monoisotopic (exact) mass is 311 g/mol. The Morgan fingerprint density at radius 1 is 1.38 bits per heavy atom. The highest BCUT2D eigenvalue weighted by molar-refractivity contribution is 7.09. The second-order valence-electron chi connectivity index (χ2n) is 4.89. The Labute approximate surface area is 133 Å². The summed E-state index contributed by atoms with van der Waals surface area (Å²) in [6, 6.07) is 4.30. The zero-order chi connectivity index (χ0) is 15.3. The third-order valence-corrected chi connectivity index (χ3v) is 4.07. The molecule has 0 aliphatic carbocycles. The van der Waals surface area contributed by atoms with Crippen molar-refractivity contribution in [3.8, 4) is 0 Å². The fourth-order valence-corrected chi connectivity index (χ4v) is 2.65. The second-order valence-corrected chi connectivity index (χ2v) is 5.92. The minimum absolute atomic E-state index is 0.803. The maximum atomic E-state index is 5.34.